The van der Waals surface area contributed by atoms with Crippen molar-refractivity contribution in [3.63, 3.8) is 0 Å². The molecule has 12 rings (SSSR count). The summed E-state index contributed by atoms with van der Waals surface area (Å²) < 4.78 is 70.7. The highest BCUT2D eigenvalue weighted by Gasteiger charge is 2.24. The molecular formula is C58H53Cl2N13O6S3. The van der Waals surface area contributed by atoms with Gasteiger partial charge in [0.05, 0.1) is 38.3 Å². The smallest absolute Gasteiger partial charge is 0.263 e. The van der Waals surface area contributed by atoms with Crippen LogP contribution >= 0.6 is 34.5 Å². The minimum atomic E-state index is -3.94. The number of hydrogen-bond donors (Lipinski definition) is 6. The minimum Gasteiger partial charge on any atom is -0.437 e. The van der Waals surface area contributed by atoms with Crippen LogP contribution in [0.3, 0.4) is 0 Å². The predicted molar refractivity (Wildman–Crippen MR) is 323 cm³/mol. The van der Waals surface area contributed by atoms with Gasteiger partial charge in [0.25, 0.3) is 20.0 Å². The van der Waals surface area contributed by atoms with Gasteiger partial charge in [-0.25, -0.2) is 51.7 Å². The molecule has 2 fully saturated rings. The summed E-state index contributed by atoms with van der Waals surface area (Å²) in [6.45, 7) is 5.69. The van der Waals surface area contributed by atoms with E-state index in [9.17, 15) is 16.8 Å². The number of thiazole rings is 1. The summed E-state index contributed by atoms with van der Waals surface area (Å²) >= 11 is 13.8. The van der Waals surface area contributed by atoms with Gasteiger partial charge in [0, 0.05) is 71.5 Å². The first-order valence-electron chi connectivity index (χ1n) is 26.2. The van der Waals surface area contributed by atoms with Crippen molar-refractivity contribution in [3.8, 4) is 45.2 Å². The normalized spacial score (nSPS) is 15.5. The molecule has 0 bridgehead atoms. The second-order valence-electron chi connectivity index (χ2n) is 19.1. The molecule has 0 radical (unpaired) electrons. The van der Waals surface area contributed by atoms with Crippen molar-refractivity contribution >= 4 is 99.4 Å². The van der Waals surface area contributed by atoms with Gasteiger partial charge in [-0.05, 0) is 106 Å². The van der Waals surface area contributed by atoms with Crippen LogP contribution < -0.4 is 40.2 Å². The second-order valence-corrected chi connectivity index (χ2v) is 24.1. The van der Waals surface area contributed by atoms with E-state index < -0.39 is 20.0 Å². The molecule has 82 heavy (non-hydrogen) atoms. The summed E-state index contributed by atoms with van der Waals surface area (Å²) in [6.07, 6.45) is 10.8. The van der Waals surface area contributed by atoms with Gasteiger partial charge in [-0.15, -0.1) is 11.3 Å². The van der Waals surface area contributed by atoms with E-state index in [0.717, 1.165) is 67.7 Å². The molecular weight excluding hydrogens is 1140 g/mol. The van der Waals surface area contributed by atoms with Gasteiger partial charge in [-0.3, -0.25) is 9.44 Å². The molecule has 0 amide bonds. The van der Waals surface area contributed by atoms with Crippen molar-refractivity contribution in [2.75, 3.05) is 46.3 Å². The quantitative estimate of drug-likeness (QED) is 0.0526. The summed E-state index contributed by atoms with van der Waals surface area (Å²) in [6, 6.07) is 36.6. The van der Waals surface area contributed by atoms with Crippen molar-refractivity contribution in [2.24, 2.45) is 0 Å². The van der Waals surface area contributed by atoms with Crippen LogP contribution in [0.4, 0.5) is 23.3 Å². The number of sulfonamides is 2. The Morgan fingerprint density at radius 1 is 0.549 bits per heavy atom. The van der Waals surface area contributed by atoms with Gasteiger partial charge in [-0.2, -0.15) is 0 Å². The molecule has 6 N–H and O–H groups in total. The number of nitrogens with zero attached hydrogens (tertiary/aromatic N) is 7. The van der Waals surface area contributed by atoms with Gasteiger partial charge in [0.2, 0.25) is 23.7 Å². The fourth-order valence-corrected chi connectivity index (χ4v) is 13.4. The molecule has 4 aromatic heterocycles. The molecule has 0 saturated carbocycles. The number of halogens is 2. The first-order valence-corrected chi connectivity index (χ1v) is 30.8. The van der Waals surface area contributed by atoms with Crippen molar-refractivity contribution in [3.05, 3.63) is 173 Å². The molecule has 0 aliphatic carbocycles. The molecule has 6 aromatic carbocycles. The van der Waals surface area contributed by atoms with Crippen LogP contribution in [0.15, 0.2) is 167 Å². The van der Waals surface area contributed by atoms with Crippen LogP contribution in [-0.4, -0.2) is 90.0 Å². The second kappa shape index (κ2) is 25.0. The molecule has 2 atom stereocenters. The lowest BCUT2D eigenvalue weighted by molar-refractivity contribution is 0.464. The van der Waals surface area contributed by atoms with Crippen molar-refractivity contribution in [1.82, 2.24) is 45.5 Å². The molecule has 2 aliphatic rings. The number of aromatic nitrogens is 7. The first kappa shape index (κ1) is 55.8. The third-order valence-corrected chi connectivity index (χ3v) is 18.0. The number of hydrogen-bond acceptors (Lipinski definition) is 18. The lowest BCUT2D eigenvalue weighted by Crippen LogP contribution is -2.38. The zero-order valence-corrected chi connectivity index (χ0v) is 47.8. The highest BCUT2D eigenvalue weighted by atomic mass is 35.5. The Labute approximate surface area is 487 Å². The van der Waals surface area contributed by atoms with Gasteiger partial charge < -0.3 is 30.7 Å². The molecule has 2 aliphatic heterocycles. The lowest BCUT2D eigenvalue weighted by atomic mass is 10.0. The lowest BCUT2D eigenvalue weighted by Gasteiger charge is -2.23. The zero-order valence-electron chi connectivity index (χ0n) is 43.9. The van der Waals surface area contributed by atoms with Gasteiger partial charge in [0.15, 0.2) is 5.69 Å². The summed E-state index contributed by atoms with van der Waals surface area (Å²) in [7, 11) is -7.86. The Morgan fingerprint density at radius 2 is 1.11 bits per heavy atom. The van der Waals surface area contributed by atoms with Gasteiger partial charge >= 0.3 is 0 Å². The third-order valence-electron chi connectivity index (χ3n) is 13.5. The van der Waals surface area contributed by atoms with Crippen LogP contribution in [0, 0.1) is 6.92 Å². The van der Waals surface area contributed by atoms with Crippen molar-refractivity contribution < 1.29 is 26.3 Å². The summed E-state index contributed by atoms with van der Waals surface area (Å²) in [5.41, 5.74) is 5.05. The Bertz CT molecular complexity index is 4170. The zero-order chi connectivity index (χ0) is 56.6. The molecule has 2 saturated heterocycles. The molecule has 19 nitrogen and oxygen atoms in total. The van der Waals surface area contributed by atoms with E-state index in [0.29, 0.717) is 73.9 Å². The maximum Gasteiger partial charge on any atom is 0.263 e. The van der Waals surface area contributed by atoms with Crippen molar-refractivity contribution in [2.45, 2.75) is 54.5 Å². The van der Waals surface area contributed by atoms with E-state index in [1.807, 2.05) is 55.5 Å². The standard InChI is InChI=1S/C30H28ClN7O3S.C28H25ClN6O3S2/c1-19-11-12-21-22(7-4-9-24(21)38-42(39,40)26-10-3-2-8-23(26)31)28(19)41-29-27(33-16-17-34-29)25-13-15-35-30(37-25)36-20-6-5-14-32-18-20;29-21-9-1-2-12-25(21)40(36,37)35-22-10-3-8-20-19(22)7-4-11-24(20)38-27-26(39-17-32-27)23-13-15-31-28(34-23)33-18-6-5-14-30-16-18/h2-4,7-13,15-17,20,32,38H,5-6,14,18H2,1H3,(H,35,36,37);1-4,7-13,15,17-18,30,35H,5-6,14,16H2,(H,31,33,34)/t20-;18-/m00/s1. The number of benzene rings is 6. The number of nitrogens with one attached hydrogen (secondary N) is 6. The number of anilines is 4. The Morgan fingerprint density at radius 3 is 1.73 bits per heavy atom. The van der Waals surface area contributed by atoms with Crippen LogP contribution in [-0.2, 0) is 20.0 Å². The van der Waals surface area contributed by atoms with E-state index in [4.69, 9.17) is 42.6 Å². The summed E-state index contributed by atoms with van der Waals surface area (Å²) in [4.78, 5) is 32.4. The minimum absolute atomic E-state index is 0.00471. The number of piperidine rings is 2. The highest BCUT2D eigenvalue weighted by molar-refractivity contribution is 7.93. The molecule has 0 unspecified atom stereocenters. The fraction of sp³-hybridized carbons (Fsp3) is 0.190. The topological polar surface area (TPSA) is 249 Å². The van der Waals surface area contributed by atoms with E-state index in [-0.39, 0.29) is 37.8 Å². The molecule has 6 heterocycles. The highest BCUT2D eigenvalue weighted by Crippen LogP contribution is 2.41. The Hall–Kier alpha value is -8.09. The van der Waals surface area contributed by atoms with Gasteiger partial charge in [-0.1, -0.05) is 96.0 Å². The predicted octanol–water partition coefficient (Wildman–Crippen LogP) is 12.0. The first-order chi connectivity index (χ1) is 39.9. The van der Waals surface area contributed by atoms with Crippen LogP contribution in [0.25, 0.3) is 43.5 Å². The van der Waals surface area contributed by atoms with E-state index in [1.54, 1.807) is 91.0 Å². The van der Waals surface area contributed by atoms with Gasteiger partial charge in [0.1, 0.15) is 26.2 Å². The Balaban J connectivity index is 0.000000172. The molecule has 10 aromatic rings. The van der Waals surface area contributed by atoms with E-state index in [1.165, 1.54) is 29.5 Å². The number of fused-ring (bicyclic) bond motifs is 2. The average Bonchev–Trinajstić information content (AvgIpc) is 4.00. The van der Waals surface area contributed by atoms with Crippen molar-refractivity contribution in [1.29, 1.82) is 0 Å². The van der Waals surface area contributed by atoms with Crippen LogP contribution in [0.2, 0.25) is 10.0 Å². The van der Waals surface area contributed by atoms with E-state index in [2.05, 4.69) is 55.6 Å². The summed E-state index contributed by atoms with van der Waals surface area (Å²) in [5, 5.41) is 16.6. The maximum atomic E-state index is 13.2. The monoisotopic (exact) mass is 1190 g/mol. The third kappa shape index (κ3) is 12.8. The molecule has 24 heteroatoms. The summed E-state index contributed by atoms with van der Waals surface area (Å²) in [5.74, 6) is 2.79. The average molecular weight is 1200 g/mol. The molecule has 0 spiro atoms. The number of aryl methyl sites for hydroxylation is 1. The SMILES string of the molecule is Cc1ccc2c(NS(=O)(=O)c3ccccc3Cl)cccc2c1Oc1nccnc1-c1ccnc(N[C@H]2CCCNC2)n1.O=S(=O)(Nc1cccc2c(Oc3ncsc3-c3ccnc(N[C@H]4CCCNC4)n3)cccc12)c1ccccc1Cl. The number of rotatable bonds is 16. The fourth-order valence-electron chi connectivity index (χ4n) is 9.53. The van der Waals surface area contributed by atoms with Crippen LogP contribution in [0.1, 0.15) is 31.2 Å². The largest absolute Gasteiger partial charge is 0.437 e. The number of ether oxygens (including phenoxy) is 2. The maximum absolute atomic E-state index is 13.2. The van der Waals surface area contributed by atoms with E-state index >= 15 is 0 Å². The molecule has 418 valence electrons. The van der Waals surface area contributed by atoms with Crippen LogP contribution in [0.5, 0.6) is 23.3 Å². The Kier molecular flexibility index (Phi) is 17.0.